The number of nitrogens with zero attached hydrogens (tertiary/aromatic N) is 3. The van der Waals surface area contributed by atoms with Crippen molar-refractivity contribution in [2.45, 2.75) is 5.75 Å². The number of nitrogens with two attached hydrogens (primary N) is 1. The first-order chi connectivity index (χ1) is 15.5. The first-order valence-electron chi connectivity index (χ1n) is 9.52. The fraction of sp³-hybridized carbons (Fsp3) is 0.238. The number of methoxy groups -OCH3 is 3. The average Bonchev–Trinajstić information content (AvgIpc) is 2.78. The van der Waals surface area contributed by atoms with E-state index < -0.39 is 0 Å². The molecule has 1 heterocycles. The van der Waals surface area contributed by atoms with Gasteiger partial charge < -0.3 is 30.6 Å². The summed E-state index contributed by atoms with van der Waals surface area (Å²) in [6, 6.07) is 12.8. The summed E-state index contributed by atoms with van der Waals surface area (Å²) in [6.07, 6.45) is 0. The van der Waals surface area contributed by atoms with Crippen LogP contribution in [0.4, 0.5) is 23.3 Å². The van der Waals surface area contributed by atoms with Crippen molar-refractivity contribution < 1.29 is 19.0 Å². The van der Waals surface area contributed by atoms with Crippen molar-refractivity contribution >= 4 is 40.9 Å². The molecule has 32 heavy (non-hydrogen) atoms. The molecule has 0 aliphatic heterocycles. The van der Waals surface area contributed by atoms with Crippen LogP contribution in [-0.2, 0) is 10.5 Å². The molecule has 3 rings (SSSR count). The van der Waals surface area contributed by atoms with E-state index in [4.69, 9.17) is 19.9 Å². The van der Waals surface area contributed by atoms with Crippen LogP contribution >= 0.6 is 11.8 Å². The van der Waals surface area contributed by atoms with Gasteiger partial charge in [0.05, 0.1) is 32.8 Å². The van der Waals surface area contributed by atoms with Crippen LogP contribution in [-0.4, -0.2) is 47.9 Å². The summed E-state index contributed by atoms with van der Waals surface area (Å²) in [4.78, 5) is 25.0. The minimum Gasteiger partial charge on any atom is -0.493 e. The molecule has 0 unspecified atom stereocenters. The van der Waals surface area contributed by atoms with Gasteiger partial charge in [0.2, 0.25) is 23.6 Å². The molecule has 168 valence electrons. The van der Waals surface area contributed by atoms with Gasteiger partial charge in [0.25, 0.3) is 0 Å². The summed E-state index contributed by atoms with van der Waals surface area (Å²) >= 11 is 1.35. The molecule has 0 spiro atoms. The number of carbonyl (C=O) groups excluding carboxylic acids is 1. The lowest BCUT2D eigenvalue weighted by molar-refractivity contribution is -0.113. The molecule has 11 heteroatoms. The number of para-hydroxylation sites is 1. The maximum Gasteiger partial charge on any atom is 0.234 e. The second kappa shape index (κ2) is 11.0. The lowest BCUT2D eigenvalue weighted by Gasteiger charge is -2.14. The highest BCUT2D eigenvalue weighted by Crippen LogP contribution is 2.39. The molecule has 0 radical (unpaired) electrons. The fourth-order valence-electron chi connectivity index (χ4n) is 2.79. The number of aromatic nitrogens is 3. The van der Waals surface area contributed by atoms with Crippen molar-refractivity contribution in [3.05, 3.63) is 48.3 Å². The van der Waals surface area contributed by atoms with Gasteiger partial charge in [0.15, 0.2) is 11.5 Å². The van der Waals surface area contributed by atoms with E-state index in [1.54, 1.807) is 12.1 Å². The summed E-state index contributed by atoms with van der Waals surface area (Å²) in [5.41, 5.74) is 7.17. The largest absolute Gasteiger partial charge is 0.493 e. The molecule has 3 aromatic rings. The SMILES string of the molecule is COc1cc(NC(=O)CSCc2nc(N)nc(Nc3ccccc3)n2)cc(OC)c1OC. The number of hydrogen-bond donors (Lipinski definition) is 3. The Morgan fingerprint density at radius 2 is 1.66 bits per heavy atom. The Bertz CT molecular complexity index is 1040. The van der Waals surface area contributed by atoms with E-state index in [1.165, 1.54) is 33.1 Å². The van der Waals surface area contributed by atoms with Crippen molar-refractivity contribution in [1.29, 1.82) is 0 Å². The van der Waals surface area contributed by atoms with E-state index in [0.29, 0.717) is 40.5 Å². The summed E-state index contributed by atoms with van der Waals surface area (Å²) in [5.74, 6) is 2.66. The molecular weight excluding hydrogens is 432 g/mol. The molecule has 1 amide bonds. The highest BCUT2D eigenvalue weighted by atomic mass is 32.2. The number of thioether (sulfide) groups is 1. The van der Waals surface area contributed by atoms with Gasteiger partial charge in [-0.05, 0) is 12.1 Å². The Morgan fingerprint density at radius 1 is 0.969 bits per heavy atom. The third-order valence-electron chi connectivity index (χ3n) is 4.14. The van der Waals surface area contributed by atoms with Gasteiger partial charge in [0, 0.05) is 23.5 Å². The van der Waals surface area contributed by atoms with E-state index in [9.17, 15) is 4.79 Å². The first kappa shape index (κ1) is 22.9. The summed E-state index contributed by atoms with van der Waals surface area (Å²) in [5, 5.41) is 5.90. The normalized spacial score (nSPS) is 10.3. The summed E-state index contributed by atoms with van der Waals surface area (Å²) in [7, 11) is 4.55. The number of nitrogen functional groups attached to an aromatic ring is 1. The Balaban J connectivity index is 1.58. The van der Waals surface area contributed by atoms with Crippen molar-refractivity contribution in [3.63, 3.8) is 0 Å². The maximum absolute atomic E-state index is 12.4. The van der Waals surface area contributed by atoms with E-state index in [-0.39, 0.29) is 17.6 Å². The topological polar surface area (TPSA) is 134 Å². The minimum atomic E-state index is -0.200. The molecule has 0 aliphatic rings. The van der Waals surface area contributed by atoms with Crippen LogP contribution < -0.4 is 30.6 Å². The van der Waals surface area contributed by atoms with Crippen LogP contribution in [0, 0.1) is 0 Å². The van der Waals surface area contributed by atoms with E-state index >= 15 is 0 Å². The van der Waals surface area contributed by atoms with E-state index in [1.807, 2.05) is 30.3 Å². The highest BCUT2D eigenvalue weighted by Gasteiger charge is 2.15. The monoisotopic (exact) mass is 456 g/mol. The van der Waals surface area contributed by atoms with Gasteiger partial charge in [-0.3, -0.25) is 4.79 Å². The van der Waals surface area contributed by atoms with Crippen LogP contribution in [0.1, 0.15) is 5.82 Å². The molecule has 0 atom stereocenters. The maximum atomic E-state index is 12.4. The molecule has 0 saturated heterocycles. The Morgan fingerprint density at radius 3 is 2.28 bits per heavy atom. The van der Waals surface area contributed by atoms with Gasteiger partial charge in [-0.1, -0.05) is 18.2 Å². The Labute approximate surface area is 189 Å². The molecule has 2 aromatic carbocycles. The molecule has 0 aliphatic carbocycles. The predicted octanol–water partition coefficient (Wildman–Crippen LogP) is 3.10. The van der Waals surface area contributed by atoms with Crippen molar-refractivity contribution in [3.8, 4) is 17.2 Å². The lowest BCUT2D eigenvalue weighted by Crippen LogP contribution is -2.15. The van der Waals surface area contributed by atoms with Crippen LogP contribution in [0.15, 0.2) is 42.5 Å². The minimum absolute atomic E-state index is 0.107. The number of rotatable bonds is 10. The van der Waals surface area contributed by atoms with Crippen LogP contribution in [0.2, 0.25) is 0 Å². The molecule has 0 fully saturated rings. The van der Waals surface area contributed by atoms with Gasteiger partial charge in [-0.15, -0.1) is 11.8 Å². The number of ether oxygens (including phenoxy) is 3. The van der Waals surface area contributed by atoms with Crippen LogP contribution in [0.25, 0.3) is 0 Å². The lowest BCUT2D eigenvalue weighted by atomic mass is 10.2. The predicted molar refractivity (Wildman–Crippen MR) is 125 cm³/mol. The zero-order valence-corrected chi connectivity index (χ0v) is 18.7. The Kier molecular flexibility index (Phi) is 7.92. The number of nitrogens with one attached hydrogen (secondary N) is 2. The summed E-state index contributed by atoms with van der Waals surface area (Å²) in [6.45, 7) is 0. The molecule has 1 aromatic heterocycles. The average molecular weight is 457 g/mol. The number of amides is 1. The molecule has 0 saturated carbocycles. The van der Waals surface area contributed by atoms with Gasteiger partial charge in [-0.25, -0.2) is 0 Å². The highest BCUT2D eigenvalue weighted by molar-refractivity contribution is 7.99. The number of benzene rings is 2. The first-order valence-corrected chi connectivity index (χ1v) is 10.7. The van der Waals surface area contributed by atoms with Crippen molar-refractivity contribution in [1.82, 2.24) is 15.0 Å². The van der Waals surface area contributed by atoms with E-state index in [2.05, 4.69) is 25.6 Å². The number of carbonyl (C=O) groups is 1. The molecule has 0 bridgehead atoms. The smallest absolute Gasteiger partial charge is 0.234 e. The van der Waals surface area contributed by atoms with Gasteiger partial charge in [-0.2, -0.15) is 15.0 Å². The fourth-order valence-corrected chi connectivity index (χ4v) is 3.47. The van der Waals surface area contributed by atoms with Crippen LogP contribution in [0.5, 0.6) is 17.2 Å². The van der Waals surface area contributed by atoms with Crippen LogP contribution in [0.3, 0.4) is 0 Å². The zero-order chi connectivity index (χ0) is 22.9. The second-order valence-corrected chi connectivity index (χ2v) is 7.37. The third-order valence-corrected chi connectivity index (χ3v) is 5.07. The van der Waals surface area contributed by atoms with E-state index in [0.717, 1.165) is 5.69 Å². The van der Waals surface area contributed by atoms with Gasteiger partial charge >= 0.3 is 0 Å². The second-order valence-electron chi connectivity index (χ2n) is 6.38. The van der Waals surface area contributed by atoms with Crippen molar-refractivity contribution in [2.24, 2.45) is 0 Å². The quantitative estimate of drug-likeness (QED) is 0.418. The molecular formula is C21H24N6O4S. The summed E-state index contributed by atoms with van der Waals surface area (Å²) < 4.78 is 15.9. The van der Waals surface area contributed by atoms with Crippen molar-refractivity contribution in [2.75, 3.05) is 43.4 Å². The Hall–Kier alpha value is -3.73. The molecule has 4 N–H and O–H groups in total. The van der Waals surface area contributed by atoms with Gasteiger partial charge in [0.1, 0.15) is 5.82 Å². The standard InChI is InChI=1S/C21H24N6O4S/c1-29-15-9-14(10-16(30-2)19(15)31-3)23-18(28)12-32-11-17-25-20(22)27-21(26-17)24-13-7-5-4-6-8-13/h4-10H,11-12H2,1-3H3,(H,23,28)(H3,22,24,25,26,27). The zero-order valence-electron chi connectivity index (χ0n) is 17.9. The number of hydrogen-bond acceptors (Lipinski definition) is 10. The third kappa shape index (κ3) is 6.14. The molecule has 10 nitrogen and oxygen atoms in total. The number of anilines is 4.